The van der Waals surface area contributed by atoms with Crippen LogP contribution in [-0.4, -0.2) is 30.0 Å². The van der Waals surface area contributed by atoms with E-state index in [9.17, 15) is 5.11 Å². The first-order chi connectivity index (χ1) is 11.9. The number of aromatic nitrogens is 1. The van der Waals surface area contributed by atoms with Gasteiger partial charge in [0.15, 0.2) is 11.5 Å². The number of benzene rings is 1. The van der Waals surface area contributed by atoms with E-state index in [1.807, 2.05) is 13.8 Å². The lowest BCUT2D eigenvalue weighted by Crippen LogP contribution is -2.11. The molecule has 0 aliphatic carbocycles. The number of phenolic OH excluding ortho intramolecular Hbond substituents is 1. The molecule has 0 aliphatic heterocycles. The second-order valence-corrected chi connectivity index (χ2v) is 6.24. The van der Waals surface area contributed by atoms with Gasteiger partial charge in [-0.05, 0) is 26.8 Å². The zero-order chi connectivity index (χ0) is 18.4. The molecule has 1 aromatic carbocycles. The van der Waals surface area contributed by atoms with Crippen LogP contribution in [0.4, 0.5) is 21.5 Å². The summed E-state index contributed by atoms with van der Waals surface area (Å²) in [5.74, 6) is 0.231. The van der Waals surface area contributed by atoms with Crippen molar-refractivity contribution in [2.24, 2.45) is 10.2 Å². The van der Waals surface area contributed by atoms with E-state index in [2.05, 4.69) is 25.4 Å². The smallest absolute Gasteiger partial charge is 0.265 e. The SMILES string of the molecule is [C-]#[N+]c1sc(N=Nc2cc(NCOC(C)C)c(O)c(OC)c2)nc1C. The third kappa shape index (κ3) is 4.89. The van der Waals surface area contributed by atoms with E-state index in [0.29, 0.717) is 27.2 Å². The summed E-state index contributed by atoms with van der Waals surface area (Å²) in [5.41, 5.74) is 1.52. The minimum atomic E-state index is -0.0332. The molecule has 0 amide bonds. The number of anilines is 1. The third-order valence-corrected chi connectivity index (χ3v) is 4.01. The van der Waals surface area contributed by atoms with Gasteiger partial charge in [0.1, 0.15) is 6.73 Å². The number of thiazole rings is 1. The summed E-state index contributed by atoms with van der Waals surface area (Å²) in [6.07, 6.45) is 0.0594. The van der Waals surface area contributed by atoms with E-state index < -0.39 is 0 Å². The lowest BCUT2D eigenvalue weighted by atomic mass is 10.2. The maximum absolute atomic E-state index is 10.2. The quantitative estimate of drug-likeness (QED) is 0.316. The zero-order valence-corrected chi connectivity index (χ0v) is 15.2. The maximum Gasteiger partial charge on any atom is 0.265 e. The molecule has 2 rings (SSSR count). The van der Waals surface area contributed by atoms with Crippen molar-refractivity contribution in [3.05, 3.63) is 29.2 Å². The minimum Gasteiger partial charge on any atom is -0.503 e. The Kier molecular flexibility index (Phi) is 6.27. The Bertz CT molecular complexity index is 811. The first-order valence-corrected chi connectivity index (χ1v) is 8.29. The number of hydrogen-bond donors (Lipinski definition) is 2. The zero-order valence-electron chi connectivity index (χ0n) is 14.4. The number of nitrogens with one attached hydrogen (secondary N) is 1. The Morgan fingerprint density at radius 2 is 2.16 bits per heavy atom. The van der Waals surface area contributed by atoms with Gasteiger partial charge in [0.05, 0.1) is 36.9 Å². The summed E-state index contributed by atoms with van der Waals surface area (Å²) in [5, 5.41) is 22.2. The van der Waals surface area contributed by atoms with Gasteiger partial charge in [-0.15, -0.1) is 21.6 Å². The van der Waals surface area contributed by atoms with Gasteiger partial charge in [0, 0.05) is 6.07 Å². The molecule has 2 N–H and O–H groups in total. The second kappa shape index (κ2) is 8.41. The van der Waals surface area contributed by atoms with Gasteiger partial charge in [0.25, 0.3) is 5.00 Å². The van der Waals surface area contributed by atoms with Crippen molar-refractivity contribution in [2.75, 3.05) is 19.2 Å². The number of ether oxygens (including phenoxy) is 2. The standard InChI is InChI=1S/C16H19N5O3S/c1-9(2)24-8-18-12-6-11(7-13(23-5)14(12)22)20-21-16-19-10(3)15(17-4)25-16/h6-7,9,18,22H,8H2,1-3,5H3. The summed E-state index contributed by atoms with van der Waals surface area (Å²) < 4.78 is 10.6. The van der Waals surface area contributed by atoms with E-state index in [4.69, 9.17) is 16.0 Å². The highest BCUT2D eigenvalue weighted by molar-refractivity contribution is 7.19. The largest absolute Gasteiger partial charge is 0.503 e. The molecule has 0 saturated heterocycles. The number of rotatable bonds is 7. The molecule has 0 fully saturated rings. The van der Waals surface area contributed by atoms with Crippen molar-refractivity contribution < 1.29 is 14.6 Å². The predicted octanol–water partition coefficient (Wildman–Crippen LogP) is 4.93. The van der Waals surface area contributed by atoms with Gasteiger partial charge in [-0.25, -0.2) is 9.83 Å². The molecule has 0 radical (unpaired) electrons. The fourth-order valence-corrected chi connectivity index (χ4v) is 2.53. The van der Waals surface area contributed by atoms with Crippen LogP contribution in [0.3, 0.4) is 0 Å². The molecule has 0 aliphatic rings. The molecule has 25 heavy (non-hydrogen) atoms. The first kappa shape index (κ1) is 18.6. The number of methoxy groups -OCH3 is 1. The Hall–Kier alpha value is -2.70. The molecule has 1 aromatic heterocycles. The van der Waals surface area contributed by atoms with Crippen molar-refractivity contribution in [3.8, 4) is 11.5 Å². The van der Waals surface area contributed by atoms with Crippen LogP contribution in [0.25, 0.3) is 4.85 Å². The molecular formula is C16H19N5O3S. The number of phenols is 1. The molecule has 0 spiro atoms. The van der Waals surface area contributed by atoms with Gasteiger partial charge >= 0.3 is 0 Å². The van der Waals surface area contributed by atoms with Crippen molar-refractivity contribution in [1.82, 2.24) is 4.98 Å². The van der Waals surface area contributed by atoms with Gasteiger partial charge in [-0.1, -0.05) is 0 Å². The molecule has 2 aromatic rings. The van der Waals surface area contributed by atoms with E-state index >= 15 is 0 Å². The molecular weight excluding hydrogens is 342 g/mol. The molecule has 132 valence electrons. The Labute approximate surface area is 150 Å². The Balaban J connectivity index is 2.24. The third-order valence-electron chi connectivity index (χ3n) is 3.07. The molecule has 0 unspecified atom stereocenters. The van der Waals surface area contributed by atoms with Crippen LogP contribution in [0.1, 0.15) is 19.5 Å². The first-order valence-electron chi connectivity index (χ1n) is 7.47. The van der Waals surface area contributed by atoms with Crippen LogP contribution >= 0.6 is 11.3 Å². The average Bonchev–Trinajstić information content (AvgIpc) is 2.94. The highest BCUT2D eigenvalue weighted by Crippen LogP contribution is 2.39. The lowest BCUT2D eigenvalue weighted by molar-refractivity contribution is 0.0938. The van der Waals surface area contributed by atoms with E-state index in [0.717, 1.165) is 0 Å². The van der Waals surface area contributed by atoms with Crippen molar-refractivity contribution >= 4 is 32.8 Å². The minimum absolute atomic E-state index is 0.0332. The number of hydrogen-bond acceptors (Lipinski definition) is 8. The van der Waals surface area contributed by atoms with E-state index in [1.165, 1.54) is 18.4 Å². The van der Waals surface area contributed by atoms with Crippen LogP contribution in [-0.2, 0) is 4.74 Å². The van der Waals surface area contributed by atoms with Crippen LogP contribution in [0.2, 0.25) is 0 Å². The van der Waals surface area contributed by atoms with Gasteiger partial charge < -0.3 is 19.9 Å². The maximum atomic E-state index is 10.2. The molecule has 9 heteroatoms. The topological polar surface area (TPSA) is 92.7 Å². The van der Waals surface area contributed by atoms with Gasteiger partial charge in [-0.3, -0.25) is 0 Å². The van der Waals surface area contributed by atoms with Crippen molar-refractivity contribution in [3.63, 3.8) is 0 Å². The fourth-order valence-electron chi connectivity index (χ4n) is 1.85. The highest BCUT2D eigenvalue weighted by Gasteiger charge is 2.11. The van der Waals surface area contributed by atoms with Crippen molar-refractivity contribution in [2.45, 2.75) is 26.9 Å². The van der Waals surface area contributed by atoms with Crippen LogP contribution < -0.4 is 10.1 Å². The Morgan fingerprint density at radius 3 is 2.76 bits per heavy atom. The van der Waals surface area contributed by atoms with Crippen molar-refractivity contribution in [1.29, 1.82) is 0 Å². The Morgan fingerprint density at radius 1 is 1.40 bits per heavy atom. The number of azo groups is 1. The van der Waals surface area contributed by atoms with Gasteiger partial charge in [-0.2, -0.15) is 0 Å². The van der Waals surface area contributed by atoms with Gasteiger partial charge in [0.2, 0.25) is 5.13 Å². The van der Waals surface area contributed by atoms with E-state index in [-0.39, 0.29) is 24.3 Å². The second-order valence-electron chi connectivity index (χ2n) is 5.28. The summed E-state index contributed by atoms with van der Waals surface area (Å²) >= 11 is 1.17. The van der Waals surface area contributed by atoms with Crippen LogP contribution in [0.15, 0.2) is 22.4 Å². The number of aryl methyl sites for hydroxylation is 1. The number of nitrogens with zero attached hydrogens (tertiary/aromatic N) is 4. The molecule has 0 atom stereocenters. The highest BCUT2D eigenvalue weighted by atomic mass is 32.1. The van der Waals surface area contributed by atoms with E-state index in [1.54, 1.807) is 19.1 Å². The summed E-state index contributed by atoms with van der Waals surface area (Å²) in [4.78, 5) is 7.55. The fraction of sp³-hybridized carbons (Fsp3) is 0.375. The number of aromatic hydroxyl groups is 1. The summed E-state index contributed by atoms with van der Waals surface area (Å²) in [6.45, 7) is 12.9. The van der Waals surface area contributed by atoms with Crippen LogP contribution in [0, 0.1) is 13.5 Å². The molecule has 0 bridgehead atoms. The average molecular weight is 361 g/mol. The monoisotopic (exact) mass is 361 g/mol. The predicted molar refractivity (Wildman–Crippen MR) is 96.7 cm³/mol. The molecule has 1 heterocycles. The molecule has 8 nitrogen and oxygen atoms in total. The normalized spacial score (nSPS) is 11.0. The molecule has 0 saturated carbocycles. The summed E-state index contributed by atoms with van der Waals surface area (Å²) in [7, 11) is 1.45. The van der Waals surface area contributed by atoms with Crippen LogP contribution in [0.5, 0.6) is 11.5 Å². The summed E-state index contributed by atoms with van der Waals surface area (Å²) in [6, 6.07) is 3.19. The lowest BCUT2D eigenvalue weighted by Gasteiger charge is -2.13.